The van der Waals surface area contributed by atoms with Gasteiger partial charge in [0.15, 0.2) is 5.78 Å². The number of aromatic nitrogens is 1. The monoisotopic (exact) mass is 139 g/mol. The second-order valence-electron chi connectivity index (χ2n) is 1.66. The minimum atomic E-state index is 0.103. The molecule has 0 spiro atoms. The van der Waals surface area contributed by atoms with Crippen LogP contribution in [0.2, 0.25) is 0 Å². The molecule has 1 heterocycles. The van der Waals surface area contributed by atoms with Gasteiger partial charge in [0.05, 0.1) is 0 Å². The summed E-state index contributed by atoms with van der Waals surface area (Å²) in [6.45, 7) is 5.54. The molecule has 0 bridgehead atoms. The molecule has 0 unspecified atom stereocenters. The van der Waals surface area contributed by atoms with Gasteiger partial charge in [-0.25, -0.2) is 0 Å². The summed E-state index contributed by atoms with van der Waals surface area (Å²) in [5, 5.41) is 0. The molecule has 0 aliphatic heterocycles. The van der Waals surface area contributed by atoms with Gasteiger partial charge in [0.25, 0.3) is 0 Å². The van der Waals surface area contributed by atoms with Gasteiger partial charge in [0, 0.05) is 18.0 Å². The molecule has 0 aliphatic rings. The van der Waals surface area contributed by atoms with E-state index in [4.69, 9.17) is 0 Å². The van der Waals surface area contributed by atoms with Crippen LogP contribution in [0.25, 0.3) is 0 Å². The number of aromatic amines is 1. The zero-order valence-electron chi connectivity index (χ0n) is 6.64. The number of rotatable bonds is 1. The summed E-state index contributed by atoms with van der Waals surface area (Å²) in [5.41, 5.74) is 0.741. The van der Waals surface area contributed by atoms with E-state index in [0.717, 1.165) is 5.56 Å². The third-order valence-corrected chi connectivity index (χ3v) is 1.00. The normalized spacial score (nSPS) is 7.90. The van der Waals surface area contributed by atoms with E-state index in [1.54, 1.807) is 25.4 Å². The first-order valence-electron chi connectivity index (χ1n) is 3.44. The first-order valence-corrected chi connectivity index (χ1v) is 3.44. The van der Waals surface area contributed by atoms with E-state index in [1.807, 2.05) is 13.8 Å². The fourth-order valence-electron chi connectivity index (χ4n) is 0.543. The van der Waals surface area contributed by atoms with Crippen molar-refractivity contribution < 1.29 is 4.79 Å². The Morgan fingerprint density at radius 2 is 2.10 bits per heavy atom. The van der Waals surface area contributed by atoms with Gasteiger partial charge < -0.3 is 4.98 Å². The first-order chi connectivity index (χ1) is 4.80. The highest BCUT2D eigenvalue weighted by molar-refractivity contribution is 5.93. The van der Waals surface area contributed by atoms with Crippen LogP contribution in [0, 0.1) is 0 Å². The zero-order chi connectivity index (χ0) is 7.98. The Bertz CT molecular complexity index is 177. The maximum atomic E-state index is 10.5. The van der Waals surface area contributed by atoms with Gasteiger partial charge in [-0.05, 0) is 13.0 Å². The van der Waals surface area contributed by atoms with E-state index in [2.05, 4.69) is 4.98 Å². The zero-order valence-corrected chi connectivity index (χ0v) is 6.64. The summed E-state index contributed by atoms with van der Waals surface area (Å²) >= 11 is 0. The summed E-state index contributed by atoms with van der Waals surface area (Å²) in [7, 11) is 0. The van der Waals surface area contributed by atoms with Crippen LogP contribution in [0.4, 0.5) is 0 Å². The molecular formula is C8H13NO. The number of H-pyrrole nitrogens is 1. The standard InChI is InChI=1S/C6H7NO.C2H6/c1-5(8)6-2-3-7-4-6;1-2/h2-4,7H,1H3;1-2H3. The SMILES string of the molecule is CC.CC(=O)c1cc[nH]c1. The Balaban J connectivity index is 0.000000371. The number of nitrogens with one attached hydrogen (secondary N) is 1. The van der Waals surface area contributed by atoms with E-state index in [0.29, 0.717) is 0 Å². The van der Waals surface area contributed by atoms with Crippen molar-refractivity contribution in [2.45, 2.75) is 20.8 Å². The van der Waals surface area contributed by atoms with E-state index >= 15 is 0 Å². The van der Waals surface area contributed by atoms with Gasteiger partial charge in [-0.15, -0.1) is 0 Å². The topological polar surface area (TPSA) is 32.9 Å². The summed E-state index contributed by atoms with van der Waals surface area (Å²) in [6.07, 6.45) is 3.42. The van der Waals surface area contributed by atoms with E-state index in [-0.39, 0.29) is 5.78 Å². The van der Waals surface area contributed by atoms with E-state index < -0.39 is 0 Å². The molecule has 0 aliphatic carbocycles. The Hall–Kier alpha value is -1.05. The predicted molar refractivity (Wildman–Crippen MR) is 42.1 cm³/mol. The van der Waals surface area contributed by atoms with Crippen molar-refractivity contribution in [1.29, 1.82) is 0 Å². The largest absolute Gasteiger partial charge is 0.367 e. The van der Waals surface area contributed by atoms with Crippen LogP contribution >= 0.6 is 0 Å². The van der Waals surface area contributed by atoms with Crippen LogP contribution in [-0.4, -0.2) is 10.8 Å². The molecule has 0 radical (unpaired) electrons. The Morgan fingerprint density at radius 3 is 2.30 bits per heavy atom. The number of hydrogen-bond acceptors (Lipinski definition) is 1. The lowest BCUT2D eigenvalue weighted by atomic mass is 10.2. The lowest BCUT2D eigenvalue weighted by molar-refractivity contribution is 0.101. The van der Waals surface area contributed by atoms with Crippen molar-refractivity contribution in [3.63, 3.8) is 0 Å². The lowest BCUT2D eigenvalue weighted by Crippen LogP contribution is -1.85. The highest BCUT2D eigenvalue weighted by Crippen LogP contribution is 1.95. The molecule has 10 heavy (non-hydrogen) atoms. The molecule has 0 saturated heterocycles. The predicted octanol–water partition coefficient (Wildman–Crippen LogP) is 2.24. The molecule has 1 rings (SSSR count). The van der Waals surface area contributed by atoms with Crippen LogP contribution < -0.4 is 0 Å². The minimum Gasteiger partial charge on any atom is -0.367 e. The van der Waals surface area contributed by atoms with Crippen LogP contribution in [0.5, 0.6) is 0 Å². The fourth-order valence-corrected chi connectivity index (χ4v) is 0.543. The molecule has 0 aromatic carbocycles. The minimum absolute atomic E-state index is 0.103. The van der Waals surface area contributed by atoms with Gasteiger partial charge in [-0.2, -0.15) is 0 Å². The number of ketones is 1. The average Bonchev–Trinajstić information content (AvgIpc) is 2.42. The fraction of sp³-hybridized carbons (Fsp3) is 0.375. The summed E-state index contributed by atoms with van der Waals surface area (Å²) in [5.74, 6) is 0.103. The van der Waals surface area contributed by atoms with Crippen molar-refractivity contribution in [3.8, 4) is 0 Å². The molecule has 0 atom stereocenters. The molecule has 56 valence electrons. The van der Waals surface area contributed by atoms with Crippen molar-refractivity contribution >= 4 is 5.78 Å². The summed E-state index contributed by atoms with van der Waals surface area (Å²) in [4.78, 5) is 13.3. The maximum absolute atomic E-state index is 10.5. The number of Topliss-reactive ketones (excluding diaryl/α,β-unsaturated/α-hetero) is 1. The molecule has 1 aromatic rings. The van der Waals surface area contributed by atoms with E-state index in [9.17, 15) is 4.79 Å². The second kappa shape index (κ2) is 4.79. The van der Waals surface area contributed by atoms with Crippen molar-refractivity contribution in [3.05, 3.63) is 24.0 Å². The smallest absolute Gasteiger partial charge is 0.161 e. The molecule has 0 amide bonds. The highest BCUT2D eigenvalue weighted by Gasteiger charge is 1.94. The van der Waals surface area contributed by atoms with Crippen LogP contribution in [0.3, 0.4) is 0 Å². The molecule has 2 nitrogen and oxygen atoms in total. The quantitative estimate of drug-likeness (QED) is 0.594. The van der Waals surface area contributed by atoms with Gasteiger partial charge in [-0.1, -0.05) is 13.8 Å². The van der Waals surface area contributed by atoms with Gasteiger partial charge in [0.1, 0.15) is 0 Å². The van der Waals surface area contributed by atoms with Crippen LogP contribution in [0.1, 0.15) is 31.1 Å². The highest BCUT2D eigenvalue weighted by atomic mass is 16.1. The Morgan fingerprint density at radius 1 is 1.50 bits per heavy atom. The Kier molecular flexibility index (Phi) is 4.29. The molecule has 2 heteroatoms. The molecule has 0 fully saturated rings. The first kappa shape index (κ1) is 8.95. The molecule has 1 N–H and O–H groups in total. The second-order valence-corrected chi connectivity index (χ2v) is 1.66. The third-order valence-electron chi connectivity index (χ3n) is 1.00. The van der Waals surface area contributed by atoms with Crippen molar-refractivity contribution in [2.75, 3.05) is 0 Å². The number of carbonyl (C=O) groups excluding carboxylic acids is 1. The summed E-state index contributed by atoms with van der Waals surface area (Å²) in [6, 6.07) is 1.75. The van der Waals surface area contributed by atoms with Crippen LogP contribution in [-0.2, 0) is 0 Å². The maximum Gasteiger partial charge on any atom is 0.161 e. The lowest BCUT2D eigenvalue weighted by Gasteiger charge is -1.79. The van der Waals surface area contributed by atoms with Gasteiger partial charge in [0.2, 0.25) is 0 Å². The number of hydrogen-bond donors (Lipinski definition) is 1. The molecule has 0 saturated carbocycles. The van der Waals surface area contributed by atoms with E-state index in [1.165, 1.54) is 0 Å². The Labute approximate surface area is 61.3 Å². The van der Waals surface area contributed by atoms with Crippen molar-refractivity contribution in [1.82, 2.24) is 4.98 Å². The molecule has 1 aromatic heterocycles. The average molecular weight is 139 g/mol. The summed E-state index contributed by atoms with van der Waals surface area (Å²) < 4.78 is 0. The number of carbonyl (C=O) groups is 1. The van der Waals surface area contributed by atoms with Gasteiger partial charge >= 0.3 is 0 Å². The molecular weight excluding hydrogens is 126 g/mol. The van der Waals surface area contributed by atoms with Crippen LogP contribution in [0.15, 0.2) is 18.5 Å². The van der Waals surface area contributed by atoms with Crippen molar-refractivity contribution in [2.24, 2.45) is 0 Å². The van der Waals surface area contributed by atoms with Gasteiger partial charge in [-0.3, -0.25) is 4.79 Å². The third kappa shape index (κ3) is 2.49.